The van der Waals surface area contributed by atoms with Crippen LogP contribution in [0.4, 0.5) is 10.1 Å². The quantitative estimate of drug-likeness (QED) is 0.560. The molecule has 1 aromatic carbocycles. The lowest BCUT2D eigenvalue weighted by Crippen LogP contribution is -2.27. The van der Waals surface area contributed by atoms with E-state index in [0.717, 1.165) is 12.8 Å². The summed E-state index contributed by atoms with van der Waals surface area (Å²) in [5.41, 5.74) is 0.827. The van der Waals surface area contributed by atoms with Gasteiger partial charge in [0.2, 0.25) is 0 Å². The molecule has 84 valence electrons. The normalized spacial score (nSPS) is 14.6. The summed E-state index contributed by atoms with van der Waals surface area (Å²) in [5.74, 6) is -0.456. The summed E-state index contributed by atoms with van der Waals surface area (Å²) in [4.78, 5) is 12.9. The summed E-state index contributed by atoms with van der Waals surface area (Å²) in [5, 5.41) is 0. The van der Waals surface area contributed by atoms with E-state index in [4.69, 9.17) is 0 Å². The molecule has 0 saturated heterocycles. The number of carbonyl (C=O) groups is 1. The summed E-state index contributed by atoms with van der Waals surface area (Å²) in [6, 6.07) is 5.16. The average molecular weight is 219 g/mol. The summed E-state index contributed by atoms with van der Waals surface area (Å²) in [6.07, 6.45) is 4.56. The van der Waals surface area contributed by atoms with Gasteiger partial charge in [-0.15, -0.1) is 6.58 Å². The monoisotopic (exact) mass is 219 g/mol. The van der Waals surface area contributed by atoms with E-state index in [-0.39, 0.29) is 5.56 Å². The minimum Gasteiger partial charge on any atom is -0.364 e. The molecule has 1 aromatic rings. The first-order chi connectivity index (χ1) is 7.77. The summed E-state index contributed by atoms with van der Waals surface area (Å²) < 4.78 is 13.5. The van der Waals surface area contributed by atoms with E-state index in [9.17, 15) is 9.18 Å². The lowest BCUT2D eigenvalue weighted by atomic mass is 10.1. The average Bonchev–Trinajstić information content (AvgIpc) is 3.09. The SMILES string of the molecule is C=CCN(c1cccc(F)c1C=O)C1CC1. The first kappa shape index (κ1) is 10.9. The van der Waals surface area contributed by atoms with E-state index >= 15 is 0 Å². The van der Waals surface area contributed by atoms with Crippen LogP contribution in [0, 0.1) is 5.82 Å². The van der Waals surface area contributed by atoms with Crippen molar-refractivity contribution in [1.29, 1.82) is 0 Å². The van der Waals surface area contributed by atoms with Crippen LogP contribution in [-0.4, -0.2) is 18.9 Å². The molecule has 0 unspecified atom stereocenters. The number of nitrogens with zero attached hydrogens (tertiary/aromatic N) is 1. The molecule has 0 radical (unpaired) electrons. The van der Waals surface area contributed by atoms with Crippen LogP contribution in [0.2, 0.25) is 0 Å². The van der Waals surface area contributed by atoms with Crippen LogP contribution < -0.4 is 4.90 Å². The Kier molecular flexibility index (Phi) is 3.04. The van der Waals surface area contributed by atoms with Gasteiger partial charge in [0.15, 0.2) is 6.29 Å². The third-order valence-electron chi connectivity index (χ3n) is 2.77. The second-order valence-corrected chi connectivity index (χ2v) is 3.96. The lowest BCUT2D eigenvalue weighted by molar-refractivity contribution is 0.112. The minimum atomic E-state index is -0.456. The molecule has 2 rings (SSSR count). The number of benzene rings is 1. The Morgan fingerprint density at radius 2 is 2.25 bits per heavy atom. The standard InChI is InChI=1S/C13H14FNO/c1-2-8-15(10-6-7-10)13-5-3-4-12(14)11(13)9-16/h2-5,9-10H,1,6-8H2. The molecular formula is C13H14FNO. The van der Waals surface area contributed by atoms with E-state index in [1.54, 1.807) is 18.2 Å². The van der Waals surface area contributed by atoms with Crippen LogP contribution >= 0.6 is 0 Å². The number of aldehydes is 1. The second-order valence-electron chi connectivity index (χ2n) is 3.96. The van der Waals surface area contributed by atoms with Crippen LogP contribution in [0.5, 0.6) is 0 Å². The summed E-state index contributed by atoms with van der Waals surface area (Å²) in [7, 11) is 0. The van der Waals surface area contributed by atoms with E-state index in [2.05, 4.69) is 6.58 Å². The van der Waals surface area contributed by atoms with Crippen molar-refractivity contribution in [2.75, 3.05) is 11.4 Å². The topological polar surface area (TPSA) is 20.3 Å². The van der Waals surface area contributed by atoms with Crippen LogP contribution in [-0.2, 0) is 0 Å². The Morgan fingerprint density at radius 3 is 2.81 bits per heavy atom. The number of rotatable bonds is 5. The van der Waals surface area contributed by atoms with Gasteiger partial charge in [-0.25, -0.2) is 4.39 Å². The van der Waals surface area contributed by atoms with Crippen LogP contribution in [0.25, 0.3) is 0 Å². The maximum atomic E-state index is 13.5. The smallest absolute Gasteiger partial charge is 0.155 e. The van der Waals surface area contributed by atoms with E-state index in [1.165, 1.54) is 6.07 Å². The summed E-state index contributed by atoms with van der Waals surface area (Å²) in [6.45, 7) is 4.34. The van der Waals surface area contributed by atoms with Gasteiger partial charge < -0.3 is 4.90 Å². The predicted molar refractivity (Wildman–Crippen MR) is 62.4 cm³/mol. The Balaban J connectivity index is 2.39. The highest BCUT2D eigenvalue weighted by molar-refractivity contribution is 5.85. The second kappa shape index (κ2) is 4.47. The first-order valence-electron chi connectivity index (χ1n) is 5.39. The maximum absolute atomic E-state index is 13.5. The molecule has 0 N–H and O–H groups in total. The third-order valence-corrected chi connectivity index (χ3v) is 2.77. The highest BCUT2D eigenvalue weighted by atomic mass is 19.1. The number of carbonyl (C=O) groups excluding carboxylic acids is 1. The zero-order valence-electron chi connectivity index (χ0n) is 9.03. The molecule has 1 fully saturated rings. The van der Waals surface area contributed by atoms with Gasteiger partial charge in [0, 0.05) is 12.6 Å². The van der Waals surface area contributed by atoms with Crippen LogP contribution in [0.3, 0.4) is 0 Å². The van der Waals surface area contributed by atoms with Crippen molar-refractivity contribution >= 4 is 12.0 Å². The van der Waals surface area contributed by atoms with Crippen LogP contribution in [0.1, 0.15) is 23.2 Å². The molecular weight excluding hydrogens is 205 g/mol. The van der Waals surface area contributed by atoms with E-state index < -0.39 is 5.82 Å². The Labute approximate surface area is 94.4 Å². The molecule has 3 heteroatoms. The van der Waals surface area contributed by atoms with Crippen molar-refractivity contribution < 1.29 is 9.18 Å². The molecule has 2 nitrogen and oxygen atoms in total. The van der Waals surface area contributed by atoms with Crippen molar-refractivity contribution in [3.05, 3.63) is 42.2 Å². The van der Waals surface area contributed by atoms with Gasteiger partial charge >= 0.3 is 0 Å². The van der Waals surface area contributed by atoms with Gasteiger partial charge in [-0.1, -0.05) is 12.1 Å². The van der Waals surface area contributed by atoms with E-state index in [1.807, 2.05) is 4.90 Å². The van der Waals surface area contributed by atoms with Gasteiger partial charge in [0.05, 0.1) is 11.3 Å². The first-order valence-corrected chi connectivity index (χ1v) is 5.39. The maximum Gasteiger partial charge on any atom is 0.155 e. The highest BCUT2D eigenvalue weighted by Crippen LogP contribution is 2.33. The Hall–Kier alpha value is -1.64. The fraction of sp³-hybridized carbons (Fsp3) is 0.308. The largest absolute Gasteiger partial charge is 0.364 e. The Bertz CT molecular complexity index is 412. The van der Waals surface area contributed by atoms with Gasteiger partial charge in [0.1, 0.15) is 5.82 Å². The third kappa shape index (κ3) is 1.98. The van der Waals surface area contributed by atoms with Crippen molar-refractivity contribution in [3.63, 3.8) is 0 Å². The number of hydrogen-bond acceptors (Lipinski definition) is 2. The van der Waals surface area contributed by atoms with Gasteiger partial charge in [-0.2, -0.15) is 0 Å². The van der Waals surface area contributed by atoms with Crippen molar-refractivity contribution in [1.82, 2.24) is 0 Å². The van der Waals surface area contributed by atoms with Crippen molar-refractivity contribution in [3.8, 4) is 0 Å². The molecule has 1 aliphatic carbocycles. The molecule has 0 heterocycles. The van der Waals surface area contributed by atoms with Gasteiger partial charge in [-0.3, -0.25) is 4.79 Å². The molecule has 16 heavy (non-hydrogen) atoms. The van der Waals surface area contributed by atoms with Crippen molar-refractivity contribution in [2.45, 2.75) is 18.9 Å². The fourth-order valence-corrected chi connectivity index (χ4v) is 1.86. The minimum absolute atomic E-state index is 0.149. The van der Waals surface area contributed by atoms with Gasteiger partial charge in [-0.05, 0) is 25.0 Å². The molecule has 0 bridgehead atoms. The lowest BCUT2D eigenvalue weighted by Gasteiger charge is -2.24. The zero-order valence-corrected chi connectivity index (χ0v) is 9.03. The molecule has 0 aliphatic heterocycles. The highest BCUT2D eigenvalue weighted by Gasteiger charge is 2.30. The summed E-state index contributed by atoms with van der Waals surface area (Å²) >= 11 is 0. The molecule has 1 aliphatic rings. The molecule has 1 saturated carbocycles. The molecule has 0 amide bonds. The molecule has 0 spiro atoms. The number of hydrogen-bond donors (Lipinski definition) is 0. The number of halogens is 1. The van der Waals surface area contributed by atoms with Crippen molar-refractivity contribution in [2.24, 2.45) is 0 Å². The molecule has 0 aromatic heterocycles. The Morgan fingerprint density at radius 1 is 1.50 bits per heavy atom. The molecule has 0 atom stereocenters. The van der Waals surface area contributed by atoms with Crippen LogP contribution in [0.15, 0.2) is 30.9 Å². The number of anilines is 1. The van der Waals surface area contributed by atoms with E-state index in [0.29, 0.717) is 24.6 Å². The predicted octanol–water partition coefficient (Wildman–Crippen LogP) is 2.79. The zero-order chi connectivity index (χ0) is 11.5. The van der Waals surface area contributed by atoms with Gasteiger partial charge in [0.25, 0.3) is 0 Å². The fourth-order valence-electron chi connectivity index (χ4n) is 1.86.